The number of hydrogen-bond donors (Lipinski definition) is 2. The van der Waals surface area contributed by atoms with Crippen LogP contribution in [0.15, 0.2) is 23.1 Å². The van der Waals surface area contributed by atoms with Crippen LogP contribution in [0.4, 0.5) is 0 Å². The molecule has 0 saturated carbocycles. The van der Waals surface area contributed by atoms with Crippen molar-refractivity contribution in [1.29, 1.82) is 0 Å². The Morgan fingerprint density at radius 3 is 2.53 bits per heavy atom. The lowest BCUT2D eigenvalue weighted by Gasteiger charge is -2.13. The number of benzene rings is 1. The average molecular weight is 286 g/mol. The molecule has 5 nitrogen and oxygen atoms in total. The van der Waals surface area contributed by atoms with Crippen LogP contribution in [0.3, 0.4) is 0 Å². The molecule has 1 aromatic carbocycles. The predicted molar refractivity (Wildman–Crippen MR) is 75.8 cm³/mol. The fraction of sp³-hybridized carbons (Fsp3) is 0.538. The number of rotatable bonds is 7. The zero-order valence-corrected chi connectivity index (χ0v) is 12.7. The van der Waals surface area contributed by atoms with Crippen LogP contribution in [-0.2, 0) is 16.6 Å². The quantitative estimate of drug-likeness (QED) is 0.797. The molecular weight excluding hydrogens is 264 g/mol. The van der Waals surface area contributed by atoms with E-state index in [1.807, 2.05) is 19.9 Å². The zero-order valence-electron chi connectivity index (χ0n) is 11.9. The molecule has 0 bridgehead atoms. The molecule has 2 N–H and O–H groups in total. The highest BCUT2D eigenvalue weighted by atomic mass is 32.2. The van der Waals surface area contributed by atoms with Gasteiger partial charge in [0.2, 0.25) is 10.0 Å². The predicted octanol–water partition coefficient (Wildman–Crippen LogP) is 1.49. The fourth-order valence-electron chi connectivity index (χ4n) is 1.63. The molecule has 0 unspecified atom stereocenters. The van der Waals surface area contributed by atoms with Crippen molar-refractivity contribution >= 4 is 10.0 Å². The Labute approximate surface area is 115 Å². The highest BCUT2D eigenvalue weighted by molar-refractivity contribution is 7.89. The Morgan fingerprint density at radius 2 is 2.00 bits per heavy atom. The van der Waals surface area contributed by atoms with Crippen LogP contribution >= 0.6 is 0 Å². The second-order valence-electron chi connectivity index (χ2n) is 4.52. The molecule has 1 rings (SSSR count). The zero-order chi connectivity index (χ0) is 14.5. The van der Waals surface area contributed by atoms with Gasteiger partial charge in [-0.05, 0) is 17.7 Å². The summed E-state index contributed by atoms with van der Waals surface area (Å²) in [5, 5.41) is 3.25. The van der Waals surface area contributed by atoms with Crippen molar-refractivity contribution < 1.29 is 13.2 Å². The minimum atomic E-state index is -3.52. The van der Waals surface area contributed by atoms with Gasteiger partial charge in [0, 0.05) is 19.1 Å². The summed E-state index contributed by atoms with van der Waals surface area (Å²) in [6, 6.07) is 5.53. The molecule has 0 spiro atoms. The Bertz CT molecular complexity index is 513. The molecule has 0 saturated heterocycles. The first kappa shape index (κ1) is 15.9. The lowest BCUT2D eigenvalue weighted by molar-refractivity contribution is 0.402. The largest absolute Gasteiger partial charge is 0.495 e. The van der Waals surface area contributed by atoms with Gasteiger partial charge in [-0.3, -0.25) is 0 Å². The van der Waals surface area contributed by atoms with Crippen molar-refractivity contribution in [2.24, 2.45) is 0 Å². The second-order valence-corrected chi connectivity index (χ2v) is 6.26. The lowest BCUT2D eigenvalue weighted by Crippen LogP contribution is -2.25. The summed E-state index contributed by atoms with van der Waals surface area (Å²) in [7, 11) is -2.05. The molecule has 108 valence electrons. The second kappa shape index (κ2) is 6.88. The van der Waals surface area contributed by atoms with Gasteiger partial charge in [-0.1, -0.05) is 26.8 Å². The van der Waals surface area contributed by atoms with Crippen molar-refractivity contribution in [1.82, 2.24) is 10.0 Å². The maximum absolute atomic E-state index is 12.1. The Kier molecular flexibility index (Phi) is 5.78. The number of nitrogens with one attached hydrogen (secondary N) is 2. The standard InChI is InChI=1S/C13H22N2O3S/c1-5-15-19(16,17)13-8-11(9-14-10(2)3)6-7-12(13)18-4/h6-8,10,14-15H,5,9H2,1-4H3. The summed E-state index contributed by atoms with van der Waals surface area (Å²) >= 11 is 0. The minimum Gasteiger partial charge on any atom is -0.495 e. The topological polar surface area (TPSA) is 67.4 Å². The molecule has 0 heterocycles. The molecule has 6 heteroatoms. The highest BCUT2D eigenvalue weighted by Gasteiger charge is 2.19. The molecule has 1 aromatic rings. The third kappa shape index (κ3) is 4.49. The van der Waals surface area contributed by atoms with Crippen molar-refractivity contribution in [2.75, 3.05) is 13.7 Å². The van der Waals surface area contributed by atoms with E-state index >= 15 is 0 Å². The Morgan fingerprint density at radius 1 is 1.32 bits per heavy atom. The van der Waals surface area contributed by atoms with Gasteiger partial charge in [0.05, 0.1) is 7.11 Å². The summed E-state index contributed by atoms with van der Waals surface area (Å²) in [5.41, 5.74) is 0.908. The summed E-state index contributed by atoms with van der Waals surface area (Å²) in [5.74, 6) is 0.356. The van der Waals surface area contributed by atoms with Gasteiger partial charge in [0.25, 0.3) is 0 Å². The van der Waals surface area contributed by atoms with Crippen LogP contribution in [0, 0.1) is 0 Å². The van der Waals surface area contributed by atoms with Crippen LogP contribution in [0.5, 0.6) is 5.75 Å². The Balaban J connectivity index is 3.09. The third-order valence-electron chi connectivity index (χ3n) is 2.57. The van der Waals surface area contributed by atoms with Crippen LogP contribution < -0.4 is 14.8 Å². The van der Waals surface area contributed by atoms with Crippen molar-refractivity contribution in [3.8, 4) is 5.75 Å². The first-order chi connectivity index (χ1) is 8.90. The van der Waals surface area contributed by atoms with E-state index in [1.165, 1.54) is 7.11 Å². The average Bonchev–Trinajstić information content (AvgIpc) is 2.36. The van der Waals surface area contributed by atoms with Crippen LogP contribution in [-0.4, -0.2) is 28.1 Å². The molecule has 19 heavy (non-hydrogen) atoms. The fourth-order valence-corrected chi connectivity index (χ4v) is 2.89. The molecule has 0 aliphatic heterocycles. The summed E-state index contributed by atoms with van der Waals surface area (Å²) in [6.45, 7) is 6.80. The highest BCUT2D eigenvalue weighted by Crippen LogP contribution is 2.24. The summed E-state index contributed by atoms with van der Waals surface area (Å²) < 4.78 is 31.8. The third-order valence-corrected chi connectivity index (χ3v) is 4.13. The SMILES string of the molecule is CCNS(=O)(=O)c1cc(CNC(C)C)ccc1OC. The van der Waals surface area contributed by atoms with Gasteiger partial charge >= 0.3 is 0 Å². The maximum atomic E-state index is 12.1. The van der Waals surface area contributed by atoms with Gasteiger partial charge in [-0.15, -0.1) is 0 Å². The van der Waals surface area contributed by atoms with Crippen molar-refractivity contribution in [3.63, 3.8) is 0 Å². The lowest BCUT2D eigenvalue weighted by atomic mass is 10.2. The first-order valence-electron chi connectivity index (χ1n) is 6.30. The number of sulfonamides is 1. The number of methoxy groups -OCH3 is 1. The van der Waals surface area contributed by atoms with E-state index in [4.69, 9.17) is 4.74 Å². The van der Waals surface area contributed by atoms with Crippen molar-refractivity contribution in [3.05, 3.63) is 23.8 Å². The molecular formula is C13H22N2O3S. The van der Waals surface area contributed by atoms with Crippen molar-refractivity contribution in [2.45, 2.75) is 38.3 Å². The van der Waals surface area contributed by atoms with E-state index in [-0.39, 0.29) is 4.90 Å². The van der Waals surface area contributed by atoms with Gasteiger partial charge in [0.15, 0.2) is 0 Å². The number of ether oxygens (including phenoxy) is 1. The van der Waals surface area contributed by atoms with E-state index in [9.17, 15) is 8.42 Å². The Hall–Kier alpha value is -1.11. The molecule has 0 aliphatic carbocycles. The minimum absolute atomic E-state index is 0.180. The first-order valence-corrected chi connectivity index (χ1v) is 7.79. The van der Waals surface area contributed by atoms with Crippen LogP contribution in [0.25, 0.3) is 0 Å². The molecule has 0 aliphatic rings. The van der Waals surface area contributed by atoms with E-state index in [0.29, 0.717) is 24.9 Å². The maximum Gasteiger partial charge on any atom is 0.244 e. The van der Waals surface area contributed by atoms with E-state index < -0.39 is 10.0 Å². The van der Waals surface area contributed by atoms with Gasteiger partial charge in [0.1, 0.15) is 10.6 Å². The molecule has 0 fully saturated rings. The number of hydrogen-bond acceptors (Lipinski definition) is 4. The van der Waals surface area contributed by atoms with E-state index in [1.54, 1.807) is 19.1 Å². The smallest absolute Gasteiger partial charge is 0.244 e. The van der Waals surface area contributed by atoms with Gasteiger partial charge < -0.3 is 10.1 Å². The van der Waals surface area contributed by atoms with Gasteiger partial charge in [-0.2, -0.15) is 0 Å². The van der Waals surface area contributed by atoms with Crippen LogP contribution in [0.1, 0.15) is 26.3 Å². The summed E-state index contributed by atoms with van der Waals surface area (Å²) in [6.07, 6.45) is 0. The van der Waals surface area contributed by atoms with E-state index in [2.05, 4.69) is 10.0 Å². The van der Waals surface area contributed by atoms with Crippen LogP contribution in [0.2, 0.25) is 0 Å². The van der Waals surface area contributed by atoms with E-state index in [0.717, 1.165) is 5.56 Å². The molecule has 0 atom stereocenters. The molecule has 0 amide bonds. The van der Waals surface area contributed by atoms with Gasteiger partial charge in [-0.25, -0.2) is 13.1 Å². The molecule has 0 aromatic heterocycles. The summed E-state index contributed by atoms with van der Waals surface area (Å²) in [4.78, 5) is 0.180. The monoisotopic (exact) mass is 286 g/mol. The molecule has 0 radical (unpaired) electrons. The normalized spacial score (nSPS) is 11.8.